The Morgan fingerprint density at radius 1 is 1.18 bits per heavy atom. The summed E-state index contributed by atoms with van der Waals surface area (Å²) in [5, 5.41) is 12.5. The van der Waals surface area contributed by atoms with Crippen molar-refractivity contribution in [2.24, 2.45) is 5.92 Å². The quantitative estimate of drug-likeness (QED) is 0.891. The Hall–Kier alpha value is -2.13. The Kier molecular flexibility index (Phi) is 4.25. The lowest BCUT2D eigenvalue weighted by molar-refractivity contribution is -0.123. The molecule has 0 heterocycles. The summed E-state index contributed by atoms with van der Waals surface area (Å²) in [6.07, 6.45) is 0.891. The van der Waals surface area contributed by atoms with Gasteiger partial charge < -0.3 is 10.4 Å². The van der Waals surface area contributed by atoms with Gasteiger partial charge in [0, 0.05) is 5.92 Å². The van der Waals surface area contributed by atoms with Crippen molar-refractivity contribution in [2.45, 2.75) is 25.3 Å². The van der Waals surface area contributed by atoms with Gasteiger partial charge in [0.2, 0.25) is 5.91 Å². The monoisotopic (exact) mass is 295 g/mol. The van der Waals surface area contributed by atoms with Crippen molar-refractivity contribution >= 4 is 5.91 Å². The number of aryl methyl sites for hydroxylation is 1. The van der Waals surface area contributed by atoms with E-state index in [1.54, 1.807) is 0 Å². The third-order valence-electron chi connectivity index (χ3n) is 4.33. The third kappa shape index (κ3) is 3.20. The molecule has 0 bridgehead atoms. The van der Waals surface area contributed by atoms with Crippen LogP contribution in [0, 0.1) is 12.8 Å². The van der Waals surface area contributed by atoms with E-state index < -0.39 is 0 Å². The molecule has 0 unspecified atom stereocenters. The summed E-state index contributed by atoms with van der Waals surface area (Å²) in [7, 11) is 0. The molecule has 3 rings (SSSR count). The van der Waals surface area contributed by atoms with Crippen molar-refractivity contribution < 1.29 is 9.90 Å². The van der Waals surface area contributed by atoms with Gasteiger partial charge in [-0.1, -0.05) is 60.2 Å². The molecule has 1 aliphatic carbocycles. The Bertz CT molecular complexity index is 636. The van der Waals surface area contributed by atoms with E-state index in [1.165, 1.54) is 11.1 Å². The third-order valence-corrected chi connectivity index (χ3v) is 4.33. The number of aliphatic hydroxyl groups is 1. The predicted octanol–water partition coefficient (Wildman–Crippen LogP) is 2.95. The molecule has 2 aromatic rings. The summed E-state index contributed by atoms with van der Waals surface area (Å²) in [6.45, 7) is 1.98. The Balaban J connectivity index is 1.62. The van der Waals surface area contributed by atoms with E-state index >= 15 is 0 Å². The first-order valence-electron chi connectivity index (χ1n) is 7.72. The van der Waals surface area contributed by atoms with Gasteiger partial charge in [0.15, 0.2) is 0 Å². The van der Waals surface area contributed by atoms with Crippen LogP contribution < -0.4 is 5.32 Å². The Morgan fingerprint density at radius 2 is 1.86 bits per heavy atom. The molecular weight excluding hydrogens is 274 g/mol. The van der Waals surface area contributed by atoms with Gasteiger partial charge in [0.05, 0.1) is 12.6 Å². The van der Waals surface area contributed by atoms with Gasteiger partial charge in [0.25, 0.3) is 0 Å². The van der Waals surface area contributed by atoms with Crippen molar-refractivity contribution in [1.82, 2.24) is 5.32 Å². The summed E-state index contributed by atoms with van der Waals surface area (Å²) in [5.41, 5.74) is 3.40. The van der Waals surface area contributed by atoms with Gasteiger partial charge in [-0.15, -0.1) is 0 Å². The topological polar surface area (TPSA) is 49.3 Å². The van der Waals surface area contributed by atoms with E-state index in [0.717, 1.165) is 12.0 Å². The van der Waals surface area contributed by atoms with Crippen LogP contribution in [-0.4, -0.2) is 17.6 Å². The molecule has 2 aromatic carbocycles. The summed E-state index contributed by atoms with van der Waals surface area (Å²) in [4.78, 5) is 12.4. The number of rotatable bonds is 5. The van der Waals surface area contributed by atoms with Crippen LogP contribution in [-0.2, 0) is 4.79 Å². The summed E-state index contributed by atoms with van der Waals surface area (Å²) >= 11 is 0. The SMILES string of the molecule is Cc1ccc([C@@H]2C[C@H]2C(=O)N[C@@H](CO)c2ccccc2)cc1. The standard InChI is InChI=1S/C19H21NO2/c1-13-7-9-14(10-8-13)16-11-17(16)19(22)20-18(12-21)15-5-3-2-4-6-15/h2-10,16-18,21H,11-12H2,1H3,(H,20,22)/t16-,17+,18-/m0/s1. The number of amides is 1. The Labute approximate surface area is 131 Å². The number of hydrogen-bond donors (Lipinski definition) is 2. The van der Waals surface area contributed by atoms with Crippen LogP contribution >= 0.6 is 0 Å². The van der Waals surface area contributed by atoms with Gasteiger partial charge >= 0.3 is 0 Å². The summed E-state index contributed by atoms with van der Waals surface area (Å²) < 4.78 is 0. The van der Waals surface area contributed by atoms with Crippen molar-refractivity contribution in [3.05, 3.63) is 71.3 Å². The molecule has 0 aliphatic heterocycles. The fourth-order valence-corrected chi connectivity index (χ4v) is 2.87. The molecule has 0 aromatic heterocycles. The number of aliphatic hydroxyl groups excluding tert-OH is 1. The second-order valence-corrected chi connectivity index (χ2v) is 6.01. The van der Waals surface area contributed by atoms with Gasteiger partial charge in [-0.2, -0.15) is 0 Å². The van der Waals surface area contributed by atoms with Crippen LogP contribution in [0.3, 0.4) is 0 Å². The summed E-state index contributed by atoms with van der Waals surface area (Å²) in [6, 6.07) is 17.7. The molecule has 2 N–H and O–H groups in total. The van der Waals surface area contributed by atoms with E-state index in [2.05, 4.69) is 36.5 Å². The summed E-state index contributed by atoms with van der Waals surface area (Å²) in [5.74, 6) is 0.379. The van der Waals surface area contributed by atoms with Gasteiger partial charge in [-0.25, -0.2) is 0 Å². The van der Waals surface area contributed by atoms with Crippen molar-refractivity contribution in [3.8, 4) is 0 Å². The highest BCUT2D eigenvalue weighted by atomic mass is 16.3. The van der Waals surface area contributed by atoms with Crippen molar-refractivity contribution in [2.75, 3.05) is 6.61 Å². The van der Waals surface area contributed by atoms with E-state index in [-0.39, 0.29) is 24.5 Å². The largest absolute Gasteiger partial charge is 0.394 e. The average Bonchev–Trinajstić information content (AvgIpc) is 3.34. The minimum absolute atomic E-state index is 0.0282. The molecule has 114 valence electrons. The molecule has 0 spiro atoms. The van der Waals surface area contributed by atoms with Gasteiger partial charge in [-0.3, -0.25) is 4.79 Å². The fraction of sp³-hybridized carbons (Fsp3) is 0.316. The van der Waals surface area contributed by atoms with Crippen LogP contribution in [0.4, 0.5) is 0 Å². The number of carbonyl (C=O) groups is 1. The zero-order valence-electron chi connectivity index (χ0n) is 12.7. The highest BCUT2D eigenvalue weighted by Crippen LogP contribution is 2.47. The molecular formula is C19H21NO2. The highest BCUT2D eigenvalue weighted by Gasteiger charge is 2.44. The molecule has 3 heteroatoms. The zero-order chi connectivity index (χ0) is 15.5. The number of hydrogen-bond acceptors (Lipinski definition) is 2. The number of benzene rings is 2. The molecule has 0 saturated heterocycles. The smallest absolute Gasteiger partial charge is 0.224 e. The first kappa shape index (κ1) is 14.8. The minimum atomic E-state index is -0.326. The normalized spacial score (nSPS) is 21.2. The lowest BCUT2D eigenvalue weighted by atomic mass is 10.1. The predicted molar refractivity (Wildman–Crippen MR) is 86.4 cm³/mol. The van der Waals surface area contributed by atoms with Gasteiger partial charge in [-0.05, 0) is 30.4 Å². The highest BCUT2D eigenvalue weighted by molar-refractivity contribution is 5.83. The molecule has 1 fully saturated rings. The fourth-order valence-electron chi connectivity index (χ4n) is 2.87. The number of carbonyl (C=O) groups excluding carboxylic acids is 1. The van der Waals surface area contributed by atoms with Crippen molar-refractivity contribution in [3.63, 3.8) is 0 Å². The van der Waals surface area contributed by atoms with Crippen LogP contribution in [0.5, 0.6) is 0 Å². The molecule has 1 aliphatic rings. The molecule has 0 radical (unpaired) electrons. The maximum atomic E-state index is 12.4. The first-order valence-corrected chi connectivity index (χ1v) is 7.72. The van der Waals surface area contributed by atoms with Crippen molar-refractivity contribution in [1.29, 1.82) is 0 Å². The van der Waals surface area contributed by atoms with Gasteiger partial charge in [0.1, 0.15) is 0 Å². The van der Waals surface area contributed by atoms with E-state index in [0.29, 0.717) is 5.92 Å². The maximum absolute atomic E-state index is 12.4. The Morgan fingerprint density at radius 3 is 2.50 bits per heavy atom. The minimum Gasteiger partial charge on any atom is -0.394 e. The molecule has 1 amide bonds. The molecule has 1 saturated carbocycles. The van der Waals surface area contributed by atoms with Crippen LogP contribution in [0.25, 0.3) is 0 Å². The van der Waals surface area contributed by atoms with Crippen LogP contribution in [0.2, 0.25) is 0 Å². The lowest BCUT2D eigenvalue weighted by Gasteiger charge is -2.16. The zero-order valence-corrected chi connectivity index (χ0v) is 12.7. The van der Waals surface area contributed by atoms with E-state index in [9.17, 15) is 9.90 Å². The maximum Gasteiger partial charge on any atom is 0.224 e. The van der Waals surface area contributed by atoms with E-state index in [1.807, 2.05) is 30.3 Å². The first-order chi connectivity index (χ1) is 10.7. The lowest BCUT2D eigenvalue weighted by Crippen LogP contribution is -2.32. The molecule has 3 atom stereocenters. The second kappa shape index (κ2) is 6.32. The molecule has 3 nitrogen and oxygen atoms in total. The van der Waals surface area contributed by atoms with Crippen LogP contribution in [0.15, 0.2) is 54.6 Å². The average molecular weight is 295 g/mol. The van der Waals surface area contributed by atoms with E-state index in [4.69, 9.17) is 0 Å². The molecule has 22 heavy (non-hydrogen) atoms. The van der Waals surface area contributed by atoms with Crippen LogP contribution in [0.1, 0.15) is 35.1 Å². The second-order valence-electron chi connectivity index (χ2n) is 6.01. The number of nitrogens with one attached hydrogen (secondary N) is 1.